The van der Waals surface area contributed by atoms with Crippen molar-refractivity contribution >= 4 is 22.9 Å². The first-order valence-electron chi connectivity index (χ1n) is 7.05. The summed E-state index contributed by atoms with van der Waals surface area (Å²) in [5.74, 6) is 0.990. The maximum Gasteiger partial charge on any atom is 0.128 e. The molecule has 0 saturated carbocycles. The summed E-state index contributed by atoms with van der Waals surface area (Å²) in [6, 6.07) is 4.09. The predicted octanol–water partition coefficient (Wildman–Crippen LogP) is 3.70. The molecule has 5 heteroatoms. The van der Waals surface area contributed by atoms with Crippen LogP contribution in [0.2, 0.25) is 4.34 Å². The van der Waals surface area contributed by atoms with Gasteiger partial charge in [0.15, 0.2) is 0 Å². The van der Waals surface area contributed by atoms with Gasteiger partial charge in [0.05, 0.1) is 4.34 Å². The number of aryl methyl sites for hydroxylation is 1. The largest absolute Gasteiger partial charge is 0.293 e. The Balaban J connectivity index is 1.69. The number of halogens is 1. The van der Waals surface area contributed by atoms with E-state index in [0.717, 1.165) is 49.1 Å². The van der Waals surface area contributed by atoms with Gasteiger partial charge in [-0.1, -0.05) is 18.5 Å². The number of fused-ring (bicyclic) bond motifs is 1. The van der Waals surface area contributed by atoms with E-state index >= 15 is 0 Å². The minimum Gasteiger partial charge on any atom is -0.293 e. The second-order valence-corrected chi connectivity index (χ2v) is 6.97. The summed E-state index contributed by atoms with van der Waals surface area (Å²) in [6.45, 7) is 5.13. The van der Waals surface area contributed by atoms with Gasteiger partial charge in [0.2, 0.25) is 0 Å². The Morgan fingerprint density at radius 3 is 3.05 bits per heavy atom. The second kappa shape index (κ2) is 6.20. The molecule has 3 heterocycles. The first-order valence-corrected chi connectivity index (χ1v) is 8.24. The zero-order chi connectivity index (χ0) is 13.9. The maximum atomic E-state index is 5.99. The highest BCUT2D eigenvalue weighted by atomic mass is 35.5. The van der Waals surface area contributed by atoms with Crippen molar-refractivity contribution in [1.82, 2.24) is 14.9 Å². The molecule has 3 rings (SSSR count). The van der Waals surface area contributed by atoms with Crippen LogP contribution in [0.3, 0.4) is 0 Å². The summed E-state index contributed by atoms with van der Waals surface area (Å²) >= 11 is 7.65. The first-order chi connectivity index (χ1) is 9.74. The zero-order valence-electron chi connectivity index (χ0n) is 11.6. The van der Waals surface area contributed by atoms with Crippen LogP contribution in [0.4, 0.5) is 0 Å². The van der Waals surface area contributed by atoms with Gasteiger partial charge in [-0.3, -0.25) is 4.90 Å². The first kappa shape index (κ1) is 14.0. The van der Waals surface area contributed by atoms with Crippen LogP contribution in [0.15, 0.2) is 18.3 Å². The van der Waals surface area contributed by atoms with Gasteiger partial charge in [-0.2, -0.15) is 0 Å². The third-order valence-corrected chi connectivity index (χ3v) is 4.76. The van der Waals surface area contributed by atoms with Crippen molar-refractivity contribution in [2.75, 3.05) is 6.54 Å². The van der Waals surface area contributed by atoms with Crippen LogP contribution < -0.4 is 0 Å². The molecule has 1 aliphatic rings. The van der Waals surface area contributed by atoms with Crippen LogP contribution in [-0.4, -0.2) is 21.4 Å². The molecule has 0 unspecified atom stereocenters. The smallest absolute Gasteiger partial charge is 0.128 e. The van der Waals surface area contributed by atoms with E-state index in [4.69, 9.17) is 16.6 Å². The van der Waals surface area contributed by atoms with E-state index in [1.54, 1.807) is 11.3 Å². The number of nitrogens with zero attached hydrogens (tertiary/aromatic N) is 3. The number of hydrogen-bond donors (Lipinski definition) is 0. The normalized spacial score (nSPS) is 15.3. The molecule has 0 radical (unpaired) electrons. The van der Waals surface area contributed by atoms with Gasteiger partial charge < -0.3 is 0 Å². The van der Waals surface area contributed by atoms with E-state index in [1.807, 2.05) is 12.3 Å². The molecule has 0 amide bonds. The SMILES string of the molecule is CCCc1ncc2c(n1)CCN(Cc1ccc(Cl)s1)C2. The molecule has 20 heavy (non-hydrogen) atoms. The average molecular weight is 308 g/mol. The van der Waals surface area contributed by atoms with Gasteiger partial charge in [-0.05, 0) is 18.6 Å². The lowest BCUT2D eigenvalue weighted by atomic mass is 10.1. The summed E-state index contributed by atoms with van der Waals surface area (Å²) in [6.07, 6.45) is 5.11. The van der Waals surface area contributed by atoms with E-state index in [2.05, 4.69) is 22.9 Å². The fraction of sp³-hybridized carbons (Fsp3) is 0.467. The lowest BCUT2D eigenvalue weighted by Crippen LogP contribution is -2.30. The number of rotatable bonds is 4. The minimum atomic E-state index is 0.866. The quantitative estimate of drug-likeness (QED) is 0.862. The van der Waals surface area contributed by atoms with E-state index in [1.165, 1.54) is 16.1 Å². The molecule has 0 saturated heterocycles. The highest BCUT2D eigenvalue weighted by Gasteiger charge is 2.18. The van der Waals surface area contributed by atoms with Crippen LogP contribution in [0, 0.1) is 0 Å². The number of thiophene rings is 1. The molecule has 0 N–H and O–H groups in total. The molecule has 0 aromatic carbocycles. The molecular weight excluding hydrogens is 290 g/mol. The molecule has 2 aromatic heterocycles. The highest BCUT2D eigenvalue weighted by molar-refractivity contribution is 7.16. The fourth-order valence-corrected chi connectivity index (χ4v) is 3.68. The predicted molar refractivity (Wildman–Crippen MR) is 83.2 cm³/mol. The zero-order valence-corrected chi connectivity index (χ0v) is 13.2. The van der Waals surface area contributed by atoms with Crippen molar-refractivity contribution in [2.45, 2.75) is 39.3 Å². The molecule has 0 atom stereocenters. The Hall–Kier alpha value is -0.970. The van der Waals surface area contributed by atoms with Crippen molar-refractivity contribution in [3.05, 3.63) is 44.6 Å². The Morgan fingerprint density at radius 2 is 2.30 bits per heavy atom. The van der Waals surface area contributed by atoms with Gasteiger partial charge in [-0.25, -0.2) is 9.97 Å². The Kier molecular flexibility index (Phi) is 4.34. The number of aromatic nitrogens is 2. The Morgan fingerprint density at radius 1 is 1.40 bits per heavy atom. The van der Waals surface area contributed by atoms with E-state index in [9.17, 15) is 0 Å². The average Bonchev–Trinajstić information content (AvgIpc) is 2.85. The summed E-state index contributed by atoms with van der Waals surface area (Å²) in [4.78, 5) is 12.9. The molecule has 0 fully saturated rings. The molecule has 0 aliphatic carbocycles. The van der Waals surface area contributed by atoms with E-state index in [0.29, 0.717) is 0 Å². The van der Waals surface area contributed by atoms with Gasteiger partial charge in [0.25, 0.3) is 0 Å². The summed E-state index contributed by atoms with van der Waals surface area (Å²) < 4.78 is 0.866. The standard InChI is InChI=1S/C15H18ClN3S/c1-2-3-15-17-8-11-9-19(7-6-13(11)18-15)10-12-4-5-14(16)20-12/h4-5,8H,2-3,6-7,9-10H2,1H3. The van der Waals surface area contributed by atoms with Gasteiger partial charge in [-0.15, -0.1) is 11.3 Å². The Bertz CT molecular complexity index is 597. The molecule has 0 spiro atoms. The Labute approximate surface area is 128 Å². The van der Waals surface area contributed by atoms with Crippen molar-refractivity contribution in [2.24, 2.45) is 0 Å². The fourth-order valence-electron chi connectivity index (χ4n) is 2.55. The molecule has 2 aromatic rings. The molecule has 1 aliphatic heterocycles. The van der Waals surface area contributed by atoms with Crippen molar-refractivity contribution in [1.29, 1.82) is 0 Å². The molecule has 0 bridgehead atoms. The maximum absolute atomic E-state index is 5.99. The second-order valence-electron chi connectivity index (χ2n) is 5.17. The van der Waals surface area contributed by atoms with Crippen LogP contribution in [0.25, 0.3) is 0 Å². The third kappa shape index (κ3) is 3.19. The summed E-state index contributed by atoms with van der Waals surface area (Å²) in [5, 5.41) is 0. The monoisotopic (exact) mass is 307 g/mol. The summed E-state index contributed by atoms with van der Waals surface area (Å²) in [7, 11) is 0. The van der Waals surface area contributed by atoms with E-state index < -0.39 is 0 Å². The van der Waals surface area contributed by atoms with Crippen LogP contribution in [0.5, 0.6) is 0 Å². The number of hydrogen-bond acceptors (Lipinski definition) is 4. The van der Waals surface area contributed by atoms with Crippen molar-refractivity contribution < 1.29 is 0 Å². The lowest BCUT2D eigenvalue weighted by Gasteiger charge is -2.27. The van der Waals surface area contributed by atoms with Crippen molar-refractivity contribution in [3.63, 3.8) is 0 Å². The minimum absolute atomic E-state index is 0.866. The van der Waals surface area contributed by atoms with Gasteiger partial charge >= 0.3 is 0 Å². The van der Waals surface area contributed by atoms with Gasteiger partial charge in [0.1, 0.15) is 5.82 Å². The highest BCUT2D eigenvalue weighted by Crippen LogP contribution is 2.25. The summed E-state index contributed by atoms with van der Waals surface area (Å²) in [5.41, 5.74) is 2.52. The third-order valence-electron chi connectivity index (χ3n) is 3.54. The molecule has 106 valence electrons. The topological polar surface area (TPSA) is 29.0 Å². The van der Waals surface area contributed by atoms with Crippen LogP contribution in [-0.2, 0) is 25.9 Å². The van der Waals surface area contributed by atoms with Crippen molar-refractivity contribution in [3.8, 4) is 0 Å². The van der Waals surface area contributed by atoms with Crippen LogP contribution >= 0.6 is 22.9 Å². The lowest BCUT2D eigenvalue weighted by molar-refractivity contribution is 0.244. The molecule has 3 nitrogen and oxygen atoms in total. The van der Waals surface area contributed by atoms with E-state index in [-0.39, 0.29) is 0 Å². The van der Waals surface area contributed by atoms with Gasteiger partial charge in [0, 0.05) is 54.8 Å². The molecular formula is C15H18ClN3S. The van der Waals surface area contributed by atoms with Crippen LogP contribution in [0.1, 0.15) is 35.3 Å².